The molecule has 134 valence electrons. The first kappa shape index (κ1) is 17.8. The number of aliphatic hydroxyl groups excluding tert-OH is 1. The number of hydrogen-bond donors (Lipinski definition) is 3. The average molecular weight is 350 g/mol. The summed E-state index contributed by atoms with van der Waals surface area (Å²) in [5.41, 5.74) is 4.35. The van der Waals surface area contributed by atoms with Crippen LogP contribution < -0.4 is 4.74 Å². The van der Waals surface area contributed by atoms with Crippen LogP contribution >= 0.6 is 0 Å². The van der Waals surface area contributed by atoms with Gasteiger partial charge < -0.3 is 20.1 Å². The maximum absolute atomic E-state index is 9.45. The summed E-state index contributed by atoms with van der Waals surface area (Å²) in [5, 5.41) is 27.9. The zero-order valence-electron chi connectivity index (χ0n) is 14.4. The van der Waals surface area contributed by atoms with Crippen LogP contribution in [-0.2, 0) is 12.8 Å². The highest BCUT2D eigenvalue weighted by Crippen LogP contribution is 2.25. The predicted octanol–water partition coefficient (Wildman–Crippen LogP) is 3.65. The Morgan fingerprint density at radius 3 is 1.77 bits per heavy atom. The van der Waals surface area contributed by atoms with E-state index in [1.165, 1.54) is 0 Å². The molecule has 4 nitrogen and oxygen atoms in total. The summed E-state index contributed by atoms with van der Waals surface area (Å²) in [5.74, 6) is 1.25. The fourth-order valence-corrected chi connectivity index (χ4v) is 2.86. The highest BCUT2D eigenvalue weighted by Gasteiger charge is 2.08. The Hall–Kier alpha value is -2.98. The van der Waals surface area contributed by atoms with Crippen LogP contribution in [-0.4, -0.2) is 28.5 Å². The summed E-state index contributed by atoms with van der Waals surface area (Å²) in [4.78, 5) is 0. The summed E-state index contributed by atoms with van der Waals surface area (Å²) in [6.45, 7) is 0.216. The van der Waals surface area contributed by atoms with Crippen LogP contribution in [0.2, 0.25) is 0 Å². The van der Waals surface area contributed by atoms with E-state index in [0.29, 0.717) is 6.42 Å². The molecule has 0 saturated carbocycles. The Labute approximate surface area is 153 Å². The van der Waals surface area contributed by atoms with E-state index in [0.717, 1.165) is 34.4 Å². The Morgan fingerprint density at radius 1 is 0.654 bits per heavy atom. The Morgan fingerprint density at radius 2 is 1.19 bits per heavy atom. The zero-order chi connectivity index (χ0) is 18.4. The standard InChI is InChI=1S/C22H22O4/c23-11-12-26-22-10-5-18(13-16-1-6-20(24)7-2-16)15-19(22)14-17-3-8-21(25)9-4-17/h1-10,15,23-25H,11-14H2. The van der Waals surface area contributed by atoms with Gasteiger partial charge in [-0.1, -0.05) is 36.4 Å². The van der Waals surface area contributed by atoms with Crippen molar-refractivity contribution in [3.05, 3.63) is 89.0 Å². The quantitative estimate of drug-likeness (QED) is 0.608. The molecule has 3 rings (SSSR count). The smallest absolute Gasteiger partial charge is 0.122 e. The van der Waals surface area contributed by atoms with Crippen molar-refractivity contribution >= 4 is 0 Å². The van der Waals surface area contributed by atoms with Crippen LogP contribution in [0.4, 0.5) is 0 Å². The minimum absolute atomic E-state index is 0.0338. The molecule has 26 heavy (non-hydrogen) atoms. The van der Waals surface area contributed by atoms with Crippen LogP contribution in [0.3, 0.4) is 0 Å². The molecule has 0 heterocycles. The normalized spacial score (nSPS) is 10.7. The third-order valence-corrected chi connectivity index (χ3v) is 4.15. The molecule has 0 fully saturated rings. The number of phenols is 2. The van der Waals surface area contributed by atoms with Gasteiger partial charge >= 0.3 is 0 Å². The molecule has 0 unspecified atom stereocenters. The third-order valence-electron chi connectivity index (χ3n) is 4.15. The molecule has 4 heteroatoms. The van der Waals surface area contributed by atoms with Crippen LogP contribution in [0.1, 0.15) is 22.3 Å². The summed E-state index contributed by atoms with van der Waals surface area (Å²) in [6, 6.07) is 20.4. The number of hydrogen-bond acceptors (Lipinski definition) is 4. The highest BCUT2D eigenvalue weighted by molar-refractivity contribution is 5.43. The van der Waals surface area contributed by atoms with Crippen molar-refractivity contribution in [1.29, 1.82) is 0 Å². The van der Waals surface area contributed by atoms with Gasteiger partial charge in [-0.15, -0.1) is 0 Å². The second-order valence-corrected chi connectivity index (χ2v) is 6.20. The first-order chi connectivity index (χ1) is 12.6. The van der Waals surface area contributed by atoms with E-state index in [2.05, 4.69) is 6.07 Å². The maximum Gasteiger partial charge on any atom is 0.122 e. The maximum atomic E-state index is 9.45. The molecule has 3 N–H and O–H groups in total. The topological polar surface area (TPSA) is 69.9 Å². The summed E-state index contributed by atoms with van der Waals surface area (Å²) >= 11 is 0. The van der Waals surface area contributed by atoms with Crippen LogP contribution in [0.25, 0.3) is 0 Å². The van der Waals surface area contributed by atoms with Gasteiger partial charge in [0, 0.05) is 6.42 Å². The lowest BCUT2D eigenvalue weighted by Gasteiger charge is -2.13. The number of aromatic hydroxyl groups is 2. The van der Waals surface area contributed by atoms with Gasteiger partial charge in [0.25, 0.3) is 0 Å². The van der Waals surface area contributed by atoms with Gasteiger partial charge in [-0.05, 0) is 59.0 Å². The molecule has 3 aromatic rings. The predicted molar refractivity (Wildman–Crippen MR) is 101 cm³/mol. The number of ether oxygens (including phenoxy) is 1. The molecule has 0 aliphatic rings. The molecule has 0 aliphatic heterocycles. The van der Waals surface area contributed by atoms with E-state index < -0.39 is 0 Å². The average Bonchev–Trinajstić information content (AvgIpc) is 2.65. The van der Waals surface area contributed by atoms with Crippen LogP contribution in [0.15, 0.2) is 66.7 Å². The van der Waals surface area contributed by atoms with Crippen molar-refractivity contribution in [2.24, 2.45) is 0 Å². The summed E-state index contributed by atoms with van der Waals surface area (Å²) in [7, 11) is 0. The van der Waals surface area contributed by atoms with Gasteiger partial charge in [-0.2, -0.15) is 0 Å². The molecule has 0 aliphatic carbocycles. The molecule has 0 saturated heterocycles. The van der Waals surface area contributed by atoms with E-state index in [1.807, 2.05) is 36.4 Å². The molecule has 0 bridgehead atoms. The van der Waals surface area contributed by atoms with Crippen molar-refractivity contribution in [3.8, 4) is 17.2 Å². The minimum Gasteiger partial charge on any atom is -0.508 e. The molecular formula is C22H22O4. The molecule has 0 amide bonds. The lowest BCUT2D eigenvalue weighted by Crippen LogP contribution is -2.05. The van der Waals surface area contributed by atoms with Crippen molar-refractivity contribution in [1.82, 2.24) is 0 Å². The number of aliphatic hydroxyl groups is 1. The number of benzene rings is 3. The summed E-state index contributed by atoms with van der Waals surface area (Å²) < 4.78 is 5.67. The zero-order valence-corrected chi connectivity index (χ0v) is 14.4. The largest absolute Gasteiger partial charge is 0.508 e. The molecule has 0 aromatic heterocycles. The van der Waals surface area contributed by atoms with Gasteiger partial charge in [-0.25, -0.2) is 0 Å². The lowest BCUT2D eigenvalue weighted by atomic mass is 9.98. The first-order valence-corrected chi connectivity index (χ1v) is 8.55. The minimum atomic E-state index is -0.0338. The van der Waals surface area contributed by atoms with E-state index >= 15 is 0 Å². The molecular weight excluding hydrogens is 328 g/mol. The van der Waals surface area contributed by atoms with Gasteiger partial charge in [0.1, 0.15) is 23.9 Å². The van der Waals surface area contributed by atoms with Crippen molar-refractivity contribution in [2.45, 2.75) is 12.8 Å². The molecule has 0 radical (unpaired) electrons. The fraction of sp³-hybridized carbons (Fsp3) is 0.182. The summed E-state index contributed by atoms with van der Waals surface area (Å²) in [6.07, 6.45) is 1.42. The van der Waals surface area contributed by atoms with E-state index in [4.69, 9.17) is 9.84 Å². The van der Waals surface area contributed by atoms with E-state index in [-0.39, 0.29) is 24.7 Å². The first-order valence-electron chi connectivity index (χ1n) is 8.55. The second kappa shape index (κ2) is 8.41. The molecule has 0 atom stereocenters. The lowest BCUT2D eigenvalue weighted by molar-refractivity contribution is 0.200. The number of rotatable bonds is 7. The monoisotopic (exact) mass is 350 g/mol. The Kier molecular flexibility index (Phi) is 5.77. The van der Waals surface area contributed by atoms with E-state index in [1.54, 1.807) is 24.3 Å². The fourth-order valence-electron chi connectivity index (χ4n) is 2.86. The molecule has 3 aromatic carbocycles. The van der Waals surface area contributed by atoms with Gasteiger partial charge in [0.05, 0.1) is 6.61 Å². The van der Waals surface area contributed by atoms with Gasteiger partial charge in [0.15, 0.2) is 0 Å². The van der Waals surface area contributed by atoms with Gasteiger partial charge in [0.2, 0.25) is 0 Å². The SMILES string of the molecule is OCCOc1ccc(Cc2ccc(O)cc2)cc1Cc1ccc(O)cc1. The third kappa shape index (κ3) is 4.77. The molecule has 0 spiro atoms. The van der Waals surface area contributed by atoms with Crippen LogP contribution in [0.5, 0.6) is 17.2 Å². The van der Waals surface area contributed by atoms with Crippen molar-refractivity contribution in [2.75, 3.05) is 13.2 Å². The number of phenolic OH excluding ortho intramolecular Hbond substituents is 2. The van der Waals surface area contributed by atoms with E-state index in [9.17, 15) is 10.2 Å². The van der Waals surface area contributed by atoms with Crippen molar-refractivity contribution < 1.29 is 20.1 Å². The Balaban J connectivity index is 1.85. The Bertz CT molecular complexity index is 839. The van der Waals surface area contributed by atoms with Crippen molar-refractivity contribution in [3.63, 3.8) is 0 Å². The second-order valence-electron chi connectivity index (χ2n) is 6.20. The highest BCUT2D eigenvalue weighted by atomic mass is 16.5. The van der Waals surface area contributed by atoms with Gasteiger partial charge in [-0.3, -0.25) is 0 Å². The van der Waals surface area contributed by atoms with Crippen LogP contribution in [0, 0.1) is 0 Å².